The molecule has 0 amide bonds. The fraction of sp³-hybridized carbons (Fsp3) is 0.455. The Labute approximate surface area is 107 Å². The van der Waals surface area contributed by atoms with E-state index in [1.807, 2.05) is 0 Å². The standard InChI is InChI=1S/C11H13F3N2O3/c1-4-19-8(17)7(2)10(18,11(12,13)14)9-15-5-6-16(9)3/h5-6,18H,2,4H2,1,3H3. The highest BCUT2D eigenvalue weighted by atomic mass is 19.4. The van der Waals surface area contributed by atoms with Gasteiger partial charge < -0.3 is 14.4 Å². The highest BCUT2D eigenvalue weighted by Gasteiger charge is 2.61. The molecule has 0 aliphatic heterocycles. The van der Waals surface area contributed by atoms with Crippen molar-refractivity contribution in [2.75, 3.05) is 6.61 Å². The molecule has 0 saturated carbocycles. The SMILES string of the molecule is C=C(C(=O)OCC)C(O)(c1nccn1C)C(F)(F)F. The van der Waals surface area contributed by atoms with Crippen molar-refractivity contribution in [3.8, 4) is 0 Å². The lowest BCUT2D eigenvalue weighted by Crippen LogP contribution is -2.48. The van der Waals surface area contributed by atoms with Crippen LogP contribution in [0, 0.1) is 0 Å². The summed E-state index contributed by atoms with van der Waals surface area (Å²) in [6.45, 7) is 4.31. The van der Waals surface area contributed by atoms with E-state index in [1.54, 1.807) is 0 Å². The topological polar surface area (TPSA) is 64.3 Å². The average Bonchev–Trinajstić information content (AvgIpc) is 2.72. The molecular formula is C11H13F3N2O3. The summed E-state index contributed by atoms with van der Waals surface area (Å²) in [5, 5.41) is 9.95. The molecule has 1 aromatic rings. The summed E-state index contributed by atoms with van der Waals surface area (Å²) in [7, 11) is 1.26. The number of ether oxygens (including phenoxy) is 1. The molecule has 0 aliphatic rings. The highest BCUT2D eigenvalue weighted by Crippen LogP contribution is 2.43. The van der Waals surface area contributed by atoms with Crippen LogP contribution < -0.4 is 0 Å². The van der Waals surface area contributed by atoms with Crippen molar-refractivity contribution in [1.29, 1.82) is 0 Å². The van der Waals surface area contributed by atoms with Gasteiger partial charge in [0.15, 0.2) is 5.82 Å². The van der Waals surface area contributed by atoms with Crippen LogP contribution in [0.1, 0.15) is 12.7 Å². The minimum atomic E-state index is -5.16. The Hall–Kier alpha value is -1.83. The molecule has 0 saturated heterocycles. The molecule has 1 aromatic heterocycles. The van der Waals surface area contributed by atoms with Gasteiger partial charge in [0.05, 0.1) is 12.2 Å². The van der Waals surface area contributed by atoms with E-state index in [0.717, 1.165) is 10.8 Å². The number of carbonyl (C=O) groups is 1. The summed E-state index contributed by atoms with van der Waals surface area (Å²) >= 11 is 0. The smallest absolute Gasteiger partial charge is 0.429 e. The van der Waals surface area contributed by atoms with Crippen molar-refractivity contribution in [2.24, 2.45) is 7.05 Å². The van der Waals surface area contributed by atoms with Crippen LogP contribution in [0.4, 0.5) is 13.2 Å². The van der Waals surface area contributed by atoms with Crippen LogP contribution in [0.2, 0.25) is 0 Å². The fourth-order valence-corrected chi connectivity index (χ4v) is 1.51. The Kier molecular flexibility index (Phi) is 4.04. The molecule has 0 aliphatic carbocycles. The number of nitrogens with zero attached hydrogens (tertiary/aromatic N) is 2. The van der Waals surface area contributed by atoms with E-state index in [1.165, 1.54) is 20.2 Å². The van der Waals surface area contributed by atoms with E-state index in [0.29, 0.717) is 0 Å². The van der Waals surface area contributed by atoms with Crippen LogP contribution in [0.5, 0.6) is 0 Å². The molecule has 1 unspecified atom stereocenters. The molecule has 0 radical (unpaired) electrons. The lowest BCUT2D eigenvalue weighted by atomic mass is 9.93. The van der Waals surface area contributed by atoms with Crippen molar-refractivity contribution in [1.82, 2.24) is 9.55 Å². The number of aromatic nitrogens is 2. The summed E-state index contributed by atoms with van der Waals surface area (Å²) in [5.74, 6) is -2.08. The number of imidazole rings is 1. The van der Waals surface area contributed by atoms with Crippen molar-refractivity contribution in [3.05, 3.63) is 30.4 Å². The van der Waals surface area contributed by atoms with Crippen LogP contribution in [0.3, 0.4) is 0 Å². The van der Waals surface area contributed by atoms with E-state index >= 15 is 0 Å². The summed E-state index contributed by atoms with van der Waals surface area (Å²) < 4.78 is 44.8. The first kappa shape index (κ1) is 15.2. The van der Waals surface area contributed by atoms with Gasteiger partial charge in [0.2, 0.25) is 0 Å². The summed E-state index contributed by atoms with van der Waals surface area (Å²) in [4.78, 5) is 14.9. The predicted octanol–water partition coefficient (Wildman–Crippen LogP) is 1.29. The Bertz CT molecular complexity index is 496. The lowest BCUT2D eigenvalue weighted by molar-refractivity contribution is -0.254. The zero-order valence-corrected chi connectivity index (χ0v) is 10.4. The first-order chi connectivity index (χ1) is 8.66. The van der Waals surface area contributed by atoms with E-state index in [4.69, 9.17) is 0 Å². The number of hydrogen-bond donors (Lipinski definition) is 1. The van der Waals surface area contributed by atoms with Crippen LogP contribution >= 0.6 is 0 Å². The molecular weight excluding hydrogens is 265 g/mol. The zero-order valence-electron chi connectivity index (χ0n) is 10.4. The number of aryl methyl sites for hydroxylation is 1. The third kappa shape index (κ3) is 2.48. The average molecular weight is 278 g/mol. The number of esters is 1. The summed E-state index contributed by atoms with van der Waals surface area (Å²) in [5.41, 5.74) is -4.71. The van der Waals surface area contributed by atoms with Gasteiger partial charge in [-0.15, -0.1) is 0 Å². The molecule has 1 atom stereocenters. The second-order valence-electron chi connectivity index (χ2n) is 3.77. The monoisotopic (exact) mass is 278 g/mol. The molecule has 5 nitrogen and oxygen atoms in total. The van der Waals surface area contributed by atoms with E-state index in [-0.39, 0.29) is 6.61 Å². The van der Waals surface area contributed by atoms with Crippen molar-refractivity contribution in [3.63, 3.8) is 0 Å². The maximum absolute atomic E-state index is 13.1. The quantitative estimate of drug-likeness (QED) is 0.666. The van der Waals surface area contributed by atoms with Crippen LogP contribution in [-0.2, 0) is 22.2 Å². The third-order valence-electron chi connectivity index (χ3n) is 2.51. The number of hydrogen-bond acceptors (Lipinski definition) is 4. The van der Waals surface area contributed by atoms with E-state index < -0.39 is 29.1 Å². The molecule has 0 bridgehead atoms. The number of halogens is 3. The summed E-state index contributed by atoms with van der Waals surface area (Å²) in [6.07, 6.45) is -2.87. The van der Waals surface area contributed by atoms with Gasteiger partial charge in [-0.1, -0.05) is 6.58 Å². The molecule has 106 valence electrons. The van der Waals surface area contributed by atoms with Crippen molar-refractivity contribution < 1.29 is 27.8 Å². The first-order valence-electron chi connectivity index (χ1n) is 5.29. The van der Waals surface area contributed by atoms with Crippen LogP contribution in [0.25, 0.3) is 0 Å². The lowest BCUT2D eigenvalue weighted by Gasteiger charge is -2.30. The third-order valence-corrected chi connectivity index (χ3v) is 2.51. The van der Waals surface area contributed by atoms with Gasteiger partial charge >= 0.3 is 12.1 Å². The van der Waals surface area contributed by atoms with Gasteiger partial charge in [-0.3, -0.25) is 0 Å². The van der Waals surface area contributed by atoms with Gasteiger partial charge in [0.25, 0.3) is 5.60 Å². The van der Waals surface area contributed by atoms with Gasteiger partial charge in [-0.25, -0.2) is 9.78 Å². The van der Waals surface area contributed by atoms with Crippen molar-refractivity contribution in [2.45, 2.75) is 18.7 Å². The van der Waals surface area contributed by atoms with E-state index in [2.05, 4.69) is 16.3 Å². The number of aliphatic hydroxyl groups is 1. The van der Waals surface area contributed by atoms with E-state index in [9.17, 15) is 23.1 Å². The Morgan fingerprint density at radius 3 is 2.53 bits per heavy atom. The summed E-state index contributed by atoms with van der Waals surface area (Å²) in [6, 6.07) is 0. The zero-order chi connectivity index (χ0) is 14.8. The van der Waals surface area contributed by atoms with Crippen molar-refractivity contribution >= 4 is 5.97 Å². The first-order valence-corrected chi connectivity index (χ1v) is 5.29. The largest absolute Gasteiger partial charge is 0.463 e. The predicted molar refractivity (Wildman–Crippen MR) is 58.9 cm³/mol. The Morgan fingerprint density at radius 2 is 2.16 bits per heavy atom. The Morgan fingerprint density at radius 1 is 1.58 bits per heavy atom. The highest BCUT2D eigenvalue weighted by molar-refractivity contribution is 5.90. The molecule has 8 heteroatoms. The second-order valence-corrected chi connectivity index (χ2v) is 3.77. The maximum Gasteiger partial charge on any atom is 0.429 e. The molecule has 0 aromatic carbocycles. The van der Waals surface area contributed by atoms with Gasteiger partial charge in [0.1, 0.15) is 0 Å². The van der Waals surface area contributed by atoms with Crippen LogP contribution in [-0.4, -0.2) is 33.4 Å². The molecule has 0 spiro atoms. The number of alkyl halides is 3. The molecule has 1 N–H and O–H groups in total. The molecule has 1 heterocycles. The molecule has 0 fully saturated rings. The minimum absolute atomic E-state index is 0.133. The maximum atomic E-state index is 13.1. The Balaban J connectivity index is 3.35. The number of rotatable bonds is 4. The normalized spacial score (nSPS) is 14.8. The molecule has 1 rings (SSSR count). The molecule has 19 heavy (non-hydrogen) atoms. The van der Waals surface area contributed by atoms with Crippen LogP contribution in [0.15, 0.2) is 24.5 Å². The van der Waals surface area contributed by atoms with Gasteiger partial charge in [-0.2, -0.15) is 13.2 Å². The minimum Gasteiger partial charge on any atom is -0.463 e. The van der Waals surface area contributed by atoms with Gasteiger partial charge in [0, 0.05) is 19.4 Å². The fourth-order valence-electron chi connectivity index (χ4n) is 1.51. The number of carbonyl (C=O) groups excluding carboxylic acids is 1. The van der Waals surface area contributed by atoms with Gasteiger partial charge in [-0.05, 0) is 6.92 Å². The second kappa shape index (κ2) is 5.04.